The van der Waals surface area contributed by atoms with Crippen LogP contribution in [0.25, 0.3) is 0 Å². The number of carbonyl (C=O) groups excluding carboxylic acids is 3. The van der Waals surface area contributed by atoms with Crippen LogP contribution in [0.3, 0.4) is 0 Å². The summed E-state index contributed by atoms with van der Waals surface area (Å²) in [5, 5.41) is 31.6. The van der Waals surface area contributed by atoms with Gasteiger partial charge in [0.1, 0.15) is 18.8 Å². The third-order valence-corrected chi connectivity index (χ3v) is 15.3. The van der Waals surface area contributed by atoms with Gasteiger partial charge in [-0.1, -0.05) is 261 Å². The maximum atomic E-state index is 13.2. The summed E-state index contributed by atoms with van der Waals surface area (Å²) in [4.78, 5) is 51.4. The minimum absolute atomic E-state index is 0.0595. The van der Waals surface area contributed by atoms with E-state index in [0.717, 1.165) is 128 Å². The minimum atomic E-state index is -1.91. The molecule has 1 fully saturated rings. The van der Waals surface area contributed by atoms with Crippen molar-refractivity contribution in [1.82, 2.24) is 0 Å². The van der Waals surface area contributed by atoms with Crippen molar-refractivity contribution in [3.63, 3.8) is 0 Å². The molecule has 83 heavy (non-hydrogen) atoms. The Kier molecular flexibility index (Phi) is 54.4. The second kappa shape index (κ2) is 58.5. The first kappa shape index (κ1) is 77.2. The monoisotopic (exact) mass is 1170 g/mol. The van der Waals surface area contributed by atoms with Gasteiger partial charge in [-0.3, -0.25) is 14.4 Å². The average Bonchev–Trinajstić information content (AvgIpc) is 3.58. The Morgan fingerprint density at radius 3 is 1.12 bits per heavy atom. The predicted octanol–water partition coefficient (Wildman–Crippen LogP) is 18.5. The summed E-state index contributed by atoms with van der Waals surface area (Å²) in [6, 6.07) is 0. The lowest BCUT2D eigenvalue weighted by molar-refractivity contribution is -0.301. The molecule has 0 amide bonds. The Hall–Kier alpha value is -3.84. The van der Waals surface area contributed by atoms with Gasteiger partial charge in [0.15, 0.2) is 24.6 Å². The molecule has 1 rings (SSSR count). The fourth-order valence-electron chi connectivity index (χ4n) is 10.0. The fourth-order valence-corrected chi connectivity index (χ4v) is 10.0. The molecular weight excluding hydrogens is 1040 g/mol. The molecule has 478 valence electrons. The van der Waals surface area contributed by atoms with E-state index in [-0.39, 0.29) is 25.9 Å². The molecule has 1 heterocycles. The number of carboxylic acid groups (broad SMARTS) is 1. The Morgan fingerprint density at radius 1 is 0.398 bits per heavy atom. The van der Waals surface area contributed by atoms with Crippen molar-refractivity contribution in [1.29, 1.82) is 0 Å². The largest absolute Gasteiger partial charge is 0.479 e. The van der Waals surface area contributed by atoms with Gasteiger partial charge in [0.2, 0.25) is 0 Å². The Morgan fingerprint density at radius 2 is 0.723 bits per heavy atom. The predicted molar refractivity (Wildman–Crippen MR) is 340 cm³/mol. The highest BCUT2D eigenvalue weighted by atomic mass is 16.7. The summed E-state index contributed by atoms with van der Waals surface area (Å²) in [5.41, 5.74) is 0. The molecule has 0 aromatic heterocycles. The van der Waals surface area contributed by atoms with Crippen molar-refractivity contribution in [3.8, 4) is 0 Å². The van der Waals surface area contributed by atoms with Crippen LogP contribution in [0.4, 0.5) is 0 Å². The van der Waals surface area contributed by atoms with E-state index in [1.807, 2.05) is 0 Å². The van der Waals surface area contributed by atoms with Gasteiger partial charge >= 0.3 is 23.9 Å². The van der Waals surface area contributed by atoms with Crippen LogP contribution in [0, 0.1) is 0 Å². The fraction of sp³-hybridized carbons (Fsp3) is 0.775. The van der Waals surface area contributed by atoms with E-state index in [4.69, 9.17) is 23.7 Å². The topological polar surface area (TPSA) is 175 Å². The van der Waals surface area contributed by atoms with Gasteiger partial charge in [-0.25, -0.2) is 4.79 Å². The molecule has 0 radical (unpaired) electrons. The zero-order valence-corrected chi connectivity index (χ0v) is 52.9. The highest BCUT2D eigenvalue weighted by molar-refractivity contribution is 5.74. The number of esters is 3. The molecule has 6 atom stereocenters. The number of rotatable bonds is 58. The van der Waals surface area contributed by atoms with Crippen LogP contribution < -0.4 is 0 Å². The van der Waals surface area contributed by atoms with Crippen LogP contribution in [0.2, 0.25) is 0 Å². The number of ether oxygens (including phenoxy) is 5. The van der Waals surface area contributed by atoms with Crippen molar-refractivity contribution in [2.45, 2.75) is 340 Å². The summed E-state index contributed by atoms with van der Waals surface area (Å²) in [5.74, 6) is -3.13. The second-order valence-corrected chi connectivity index (χ2v) is 23.1. The van der Waals surface area contributed by atoms with Crippen molar-refractivity contribution < 1.29 is 58.2 Å². The molecule has 0 aliphatic carbocycles. The molecule has 1 saturated heterocycles. The quantitative estimate of drug-likeness (QED) is 0.0228. The third-order valence-electron chi connectivity index (χ3n) is 15.3. The van der Waals surface area contributed by atoms with Gasteiger partial charge in [-0.2, -0.15) is 0 Å². The summed E-state index contributed by atoms with van der Waals surface area (Å²) in [7, 11) is 0. The van der Waals surface area contributed by atoms with Crippen molar-refractivity contribution >= 4 is 23.9 Å². The maximum absolute atomic E-state index is 13.2. The van der Waals surface area contributed by atoms with Crippen LogP contribution in [0.1, 0.15) is 303 Å². The van der Waals surface area contributed by atoms with Crippen molar-refractivity contribution in [2.75, 3.05) is 13.2 Å². The average molecular weight is 1170 g/mol. The lowest BCUT2D eigenvalue weighted by Crippen LogP contribution is -2.61. The van der Waals surface area contributed by atoms with Crippen LogP contribution in [0.5, 0.6) is 0 Å². The van der Waals surface area contributed by atoms with Gasteiger partial charge in [-0.05, 0) is 96.3 Å². The first-order valence-electron chi connectivity index (χ1n) is 33.9. The van der Waals surface area contributed by atoms with Crippen LogP contribution in [0.15, 0.2) is 72.9 Å². The Balaban J connectivity index is 2.67. The number of aliphatic carboxylic acids is 1. The number of hydrogen-bond donors (Lipinski definition) is 3. The summed E-state index contributed by atoms with van der Waals surface area (Å²) in [6.07, 6.45) is 62.7. The summed E-state index contributed by atoms with van der Waals surface area (Å²) in [6.45, 7) is 5.96. The molecule has 1 aliphatic heterocycles. The number of aliphatic hydroxyl groups excluding tert-OH is 2. The normalized spacial score (nSPS) is 18.0. The highest BCUT2D eigenvalue weighted by Gasteiger charge is 2.50. The molecule has 0 aromatic carbocycles. The van der Waals surface area contributed by atoms with Crippen LogP contribution in [-0.2, 0) is 42.9 Å². The summed E-state index contributed by atoms with van der Waals surface area (Å²) < 4.78 is 28.6. The van der Waals surface area contributed by atoms with Crippen molar-refractivity contribution in [2.24, 2.45) is 0 Å². The van der Waals surface area contributed by atoms with E-state index < -0.39 is 67.3 Å². The van der Waals surface area contributed by atoms with E-state index >= 15 is 0 Å². The zero-order valence-electron chi connectivity index (χ0n) is 52.9. The van der Waals surface area contributed by atoms with Crippen molar-refractivity contribution in [3.05, 3.63) is 72.9 Å². The Bertz CT molecular complexity index is 1720. The molecule has 12 nitrogen and oxygen atoms in total. The number of hydrogen-bond acceptors (Lipinski definition) is 11. The standard InChI is InChI=1S/C71H122O12/c1-4-7-10-13-16-19-22-25-28-30-32-34-37-39-42-45-48-51-54-57-63(72)79-60-62(81-64(73)58-55-52-49-46-43-41-38-35-33-31-29-26-23-20-17-14-11-8-5-2)61-80-71-69(67(76)66(75)68(83-71)70(77)78)82-65(74)59-56-53-50-47-44-40-36-27-24-21-18-15-12-9-6-3/h16-17,19-20,25-26,28-29,32-35,62,66-69,71,75-76H,4-15,18,21-24,27,30-31,36-61H2,1-3H3,(H,77,78)/b19-16-,20-17-,28-25-,29-26-,34-32-,35-33-. The molecule has 1 aliphatic rings. The van der Waals surface area contributed by atoms with E-state index in [1.54, 1.807) is 0 Å². The lowest BCUT2D eigenvalue weighted by Gasteiger charge is -2.40. The van der Waals surface area contributed by atoms with E-state index in [9.17, 15) is 34.5 Å². The molecule has 0 aromatic rings. The molecule has 0 bridgehead atoms. The first-order valence-corrected chi connectivity index (χ1v) is 33.9. The number of carbonyl (C=O) groups is 4. The highest BCUT2D eigenvalue weighted by Crippen LogP contribution is 2.27. The van der Waals surface area contributed by atoms with E-state index in [0.29, 0.717) is 19.3 Å². The van der Waals surface area contributed by atoms with Gasteiger partial charge in [0, 0.05) is 19.3 Å². The van der Waals surface area contributed by atoms with Gasteiger partial charge < -0.3 is 39.0 Å². The minimum Gasteiger partial charge on any atom is -0.479 e. The zero-order chi connectivity index (χ0) is 60.3. The summed E-state index contributed by atoms with van der Waals surface area (Å²) >= 11 is 0. The van der Waals surface area contributed by atoms with Gasteiger partial charge in [0.05, 0.1) is 6.61 Å². The Labute approximate surface area is 506 Å². The maximum Gasteiger partial charge on any atom is 0.335 e. The molecule has 12 heteroatoms. The molecule has 3 N–H and O–H groups in total. The second-order valence-electron chi connectivity index (χ2n) is 23.1. The lowest BCUT2D eigenvalue weighted by atomic mass is 9.98. The number of unbranched alkanes of at least 4 members (excludes halogenated alkanes) is 32. The number of allylic oxidation sites excluding steroid dienone is 12. The number of carboxylic acids is 1. The van der Waals surface area contributed by atoms with E-state index in [1.165, 1.54) is 116 Å². The third kappa shape index (κ3) is 48.0. The van der Waals surface area contributed by atoms with Gasteiger partial charge in [-0.15, -0.1) is 0 Å². The molecule has 0 spiro atoms. The van der Waals surface area contributed by atoms with Gasteiger partial charge in [0.25, 0.3) is 0 Å². The first-order chi connectivity index (χ1) is 40.6. The van der Waals surface area contributed by atoms with E-state index in [2.05, 4.69) is 93.7 Å². The SMILES string of the molecule is CCCCC/C=C\C/C=C\C/C=C\CCCCCCCCC(=O)OCC(COC1OC(C(=O)O)C(O)C(O)C1OC(=O)CCCCCCCCCCCCCCCCC)OC(=O)CCCCCCCC/C=C\C/C=C\C/C=C\CCCCC. The van der Waals surface area contributed by atoms with Crippen LogP contribution in [-0.4, -0.2) is 89.2 Å². The number of aliphatic hydroxyl groups is 2. The molecular formula is C71H122O12. The molecule has 6 unspecified atom stereocenters. The van der Waals surface area contributed by atoms with Crippen LogP contribution >= 0.6 is 0 Å². The smallest absolute Gasteiger partial charge is 0.335 e. The molecule has 0 saturated carbocycles.